The highest BCUT2D eigenvalue weighted by molar-refractivity contribution is 5.30. The smallest absolute Gasteiger partial charge is 0.0581 e. The van der Waals surface area contributed by atoms with Gasteiger partial charge in [-0.2, -0.15) is 0 Å². The Morgan fingerprint density at radius 3 is 2.67 bits per heavy atom. The molecule has 2 heteroatoms. The van der Waals surface area contributed by atoms with Crippen molar-refractivity contribution < 1.29 is 5.11 Å². The Balaban J connectivity index is 2.56. The van der Waals surface area contributed by atoms with Crippen molar-refractivity contribution in [3.8, 4) is 0 Å². The Hall–Kier alpha value is -0.860. The van der Waals surface area contributed by atoms with E-state index in [2.05, 4.69) is 32.0 Å². The highest BCUT2D eigenvalue weighted by atomic mass is 16.3. The first-order valence-electron chi connectivity index (χ1n) is 5.57. The van der Waals surface area contributed by atoms with Gasteiger partial charge in [-0.05, 0) is 50.8 Å². The fourth-order valence-electron chi connectivity index (χ4n) is 1.78. The molecule has 1 atom stereocenters. The molecule has 0 aliphatic carbocycles. The number of aryl methyl sites for hydroxylation is 2. The molecule has 1 aromatic carbocycles. The molecule has 15 heavy (non-hydrogen) atoms. The van der Waals surface area contributed by atoms with E-state index in [1.54, 1.807) is 0 Å². The first-order chi connectivity index (χ1) is 7.13. The van der Waals surface area contributed by atoms with Crippen molar-refractivity contribution in [3.63, 3.8) is 0 Å². The van der Waals surface area contributed by atoms with Crippen LogP contribution < -0.4 is 5.73 Å². The molecule has 0 radical (unpaired) electrons. The highest BCUT2D eigenvalue weighted by Crippen LogP contribution is 2.14. The van der Waals surface area contributed by atoms with Crippen molar-refractivity contribution in [2.45, 2.75) is 39.2 Å². The van der Waals surface area contributed by atoms with E-state index in [0.29, 0.717) is 6.54 Å². The predicted molar refractivity (Wildman–Crippen MR) is 63.9 cm³/mol. The molecule has 0 aromatic heterocycles. The lowest BCUT2D eigenvalue weighted by atomic mass is 9.98. The molecule has 0 aliphatic rings. The third kappa shape index (κ3) is 4.02. The van der Waals surface area contributed by atoms with Gasteiger partial charge in [-0.25, -0.2) is 0 Å². The van der Waals surface area contributed by atoms with E-state index in [-0.39, 0.29) is 6.10 Å². The van der Waals surface area contributed by atoms with Crippen molar-refractivity contribution >= 4 is 0 Å². The number of rotatable bonds is 5. The van der Waals surface area contributed by atoms with Gasteiger partial charge in [0.1, 0.15) is 0 Å². The van der Waals surface area contributed by atoms with E-state index < -0.39 is 0 Å². The van der Waals surface area contributed by atoms with Gasteiger partial charge in [-0.3, -0.25) is 0 Å². The molecular weight excluding hydrogens is 186 g/mol. The number of hydrogen-bond donors (Lipinski definition) is 2. The Labute approximate surface area is 92.1 Å². The summed E-state index contributed by atoms with van der Waals surface area (Å²) in [4.78, 5) is 0. The van der Waals surface area contributed by atoms with Crippen LogP contribution in [0.25, 0.3) is 0 Å². The van der Waals surface area contributed by atoms with Crippen molar-refractivity contribution in [3.05, 3.63) is 34.9 Å². The summed E-state index contributed by atoms with van der Waals surface area (Å²) in [6.45, 7) is 4.84. The van der Waals surface area contributed by atoms with Crippen LogP contribution in [0.3, 0.4) is 0 Å². The van der Waals surface area contributed by atoms with Gasteiger partial charge in [-0.1, -0.05) is 23.8 Å². The summed E-state index contributed by atoms with van der Waals surface area (Å²) < 4.78 is 0. The second-order valence-corrected chi connectivity index (χ2v) is 4.22. The molecule has 1 aromatic rings. The van der Waals surface area contributed by atoms with Crippen molar-refractivity contribution in [1.82, 2.24) is 0 Å². The monoisotopic (exact) mass is 207 g/mol. The number of aliphatic hydroxyl groups excluding tert-OH is 1. The minimum atomic E-state index is -0.255. The summed E-state index contributed by atoms with van der Waals surface area (Å²) in [6, 6.07) is 6.36. The third-order valence-corrected chi connectivity index (χ3v) is 2.70. The van der Waals surface area contributed by atoms with Gasteiger partial charge in [0.2, 0.25) is 0 Å². The van der Waals surface area contributed by atoms with Crippen molar-refractivity contribution in [1.29, 1.82) is 0 Å². The minimum Gasteiger partial charge on any atom is -0.393 e. The molecule has 0 bridgehead atoms. The van der Waals surface area contributed by atoms with Crippen LogP contribution >= 0.6 is 0 Å². The lowest BCUT2D eigenvalue weighted by Crippen LogP contribution is -2.13. The zero-order valence-corrected chi connectivity index (χ0v) is 9.66. The van der Waals surface area contributed by atoms with E-state index in [0.717, 1.165) is 19.3 Å². The average molecular weight is 207 g/mol. The van der Waals surface area contributed by atoms with Crippen molar-refractivity contribution in [2.24, 2.45) is 5.73 Å². The van der Waals surface area contributed by atoms with Gasteiger partial charge >= 0.3 is 0 Å². The minimum absolute atomic E-state index is 0.255. The molecule has 2 nitrogen and oxygen atoms in total. The predicted octanol–water partition coefficient (Wildman–Crippen LogP) is 1.95. The number of nitrogens with two attached hydrogens (primary N) is 1. The molecule has 0 aliphatic heterocycles. The number of hydrogen-bond acceptors (Lipinski definition) is 2. The molecular formula is C13H21NO. The maximum atomic E-state index is 9.77. The zero-order valence-electron chi connectivity index (χ0n) is 9.66. The first-order valence-corrected chi connectivity index (χ1v) is 5.57. The summed E-state index contributed by atoms with van der Waals surface area (Å²) in [5.74, 6) is 0. The maximum absolute atomic E-state index is 9.77. The van der Waals surface area contributed by atoms with Crippen LogP contribution in [0.1, 0.15) is 29.5 Å². The van der Waals surface area contributed by atoms with Crippen LogP contribution in [-0.2, 0) is 6.42 Å². The SMILES string of the molecule is Cc1ccc(CC(O)CCCN)c(C)c1. The molecule has 0 amide bonds. The molecule has 0 heterocycles. The third-order valence-electron chi connectivity index (χ3n) is 2.70. The lowest BCUT2D eigenvalue weighted by molar-refractivity contribution is 0.162. The van der Waals surface area contributed by atoms with E-state index >= 15 is 0 Å². The van der Waals surface area contributed by atoms with E-state index in [9.17, 15) is 5.11 Å². The fraction of sp³-hybridized carbons (Fsp3) is 0.538. The van der Waals surface area contributed by atoms with Gasteiger partial charge in [0, 0.05) is 0 Å². The van der Waals surface area contributed by atoms with Crippen LogP contribution in [0, 0.1) is 13.8 Å². The second-order valence-electron chi connectivity index (χ2n) is 4.22. The summed E-state index contributed by atoms with van der Waals surface area (Å²) in [7, 11) is 0. The lowest BCUT2D eigenvalue weighted by Gasteiger charge is -2.12. The number of aliphatic hydroxyl groups is 1. The van der Waals surface area contributed by atoms with Crippen LogP contribution in [0.4, 0.5) is 0 Å². The number of benzene rings is 1. The Bertz CT molecular complexity index is 309. The topological polar surface area (TPSA) is 46.2 Å². The Morgan fingerprint density at radius 1 is 1.33 bits per heavy atom. The Kier molecular flexibility index (Phi) is 4.79. The molecule has 84 valence electrons. The Morgan fingerprint density at radius 2 is 2.07 bits per heavy atom. The van der Waals surface area contributed by atoms with Gasteiger partial charge in [-0.15, -0.1) is 0 Å². The normalized spacial score (nSPS) is 12.8. The maximum Gasteiger partial charge on any atom is 0.0581 e. The summed E-state index contributed by atoms with van der Waals surface area (Å²) >= 11 is 0. The van der Waals surface area contributed by atoms with E-state index in [1.807, 2.05) is 0 Å². The van der Waals surface area contributed by atoms with Crippen LogP contribution in [-0.4, -0.2) is 17.8 Å². The molecule has 0 saturated carbocycles. The molecule has 0 spiro atoms. The molecule has 1 rings (SSSR count). The van der Waals surface area contributed by atoms with E-state index in [1.165, 1.54) is 16.7 Å². The van der Waals surface area contributed by atoms with Gasteiger partial charge < -0.3 is 10.8 Å². The largest absolute Gasteiger partial charge is 0.393 e. The zero-order chi connectivity index (χ0) is 11.3. The summed E-state index contributed by atoms with van der Waals surface area (Å²) in [6.07, 6.45) is 2.18. The van der Waals surface area contributed by atoms with Gasteiger partial charge in [0.15, 0.2) is 0 Å². The first kappa shape index (κ1) is 12.2. The average Bonchev–Trinajstić information content (AvgIpc) is 2.19. The standard InChI is InChI=1S/C13H21NO/c1-10-5-6-12(11(2)8-10)9-13(15)4-3-7-14/h5-6,8,13,15H,3-4,7,9,14H2,1-2H3. The van der Waals surface area contributed by atoms with Crippen LogP contribution in [0.5, 0.6) is 0 Å². The van der Waals surface area contributed by atoms with Crippen LogP contribution in [0.2, 0.25) is 0 Å². The highest BCUT2D eigenvalue weighted by Gasteiger charge is 2.06. The van der Waals surface area contributed by atoms with Crippen molar-refractivity contribution in [2.75, 3.05) is 6.54 Å². The quantitative estimate of drug-likeness (QED) is 0.775. The molecule has 0 saturated heterocycles. The van der Waals surface area contributed by atoms with Gasteiger partial charge in [0.25, 0.3) is 0 Å². The second kappa shape index (κ2) is 5.89. The summed E-state index contributed by atoms with van der Waals surface area (Å²) in [5.41, 5.74) is 9.19. The van der Waals surface area contributed by atoms with Crippen LogP contribution in [0.15, 0.2) is 18.2 Å². The molecule has 0 fully saturated rings. The molecule has 3 N–H and O–H groups in total. The molecule has 1 unspecified atom stereocenters. The van der Waals surface area contributed by atoms with Gasteiger partial charge in [0.05, 0.1) is 6.10 Å². The fourth-order valence-corrected chi connectivity index (χ4v) is 1.78. The van der Waals surface area contributed by atoms with E-state index in [4.69, 9.17) is 5.73 Å². The summed E-state index contributed by atoms with van der Waals surface area (Å²) in [5, 5.41) is 9.77.